The van der Waals surface area contributed by atoms with Gasteiger partial charge in [0.25, 0.3) is 0 Å². The van der Waals surface area contributed by atoms with E-state index in [1.165, 1.54) is 32.9 Å². The van der Waals surface area contributed by atoms with E-state index in [9.17, 15) is 0 Å². The fourth-order valence-corrected chi connectivity index (χ4v) is 3.68. The summed E-state index contributed by atoms with van der Waals surface area (Å²) in [5.41, 5.74) is 5.21. The Morgan fingerprint density at radius 2 is 1.48 bits per heavy atom. The largest absolute Gasteiger partial charge is 0.355 e. The van der Waals surface area contributed by atoms with Crippen LogP contribution in [0.3, 0.4) is 0 Å². The number of hydrogen-bond donors (Lipinski definition) is 1. The fourth-order valence-electron chi connectivity index (χ4n) is 3.68. The summed E-state index contributed by atoms with van der Waals surface area (Å²) in [4.78, 5) is 5.79. The summed E-state index contributed by atoms with van der Waals surface area (Å²) in [6.07, 6.45) is 1.12. The predicted molar refractivity (Wildman–Crippen MR) is 107 cm³/mol. The molecule has 1 N–H and O–H groups in total. The maximum Gasteiger partial charge on any atom is 0.0465 e. The zero-order valence-corrected chi connectivity index (χ0v) is 14.9. The lowest BCUT2D eigenvalue weighted by Crippen LogP contribution is -2.16. The van der Waals surface area contributed by atoms with Gasteiger partial charge in [-0.15, -0.1) is 0 Å². The Morgan fingerprint density at radius 1 is 0.760 bits per heavy atom. The van der Waals surface area contributed by atoms with E-state index < -0.39 is 0 Å². The molecule has 0 aliphatic carbocycles. The molecule has 1 unspecified atom stereocenters. The number of fused-ring (bicyclic) bond motifs is 3. The molecule has 3 aromatic carbocycles. The topological polar surface area (TPSA) is 19.0 Å². The van der Waals surface area contributed by atoms with E-state index in [-0.39, 0.29) is 0 Å². The van der Waals surface area contributed by atoms with Gasteiger partial charge in [0, 0.05) is 27.7 Å². The zero-order chi connectivity index (χ0) is 17.2. The number of nitrogens with zero attached hydrogens (tertiary/aromatic N) is 1. The van der Waals surface area contributed by atoms with Crippen LogP contribution in [0.15, 0.2) is 72.8 Å². The summed E-state index contributed by atoms with van der Waals surface area (Å²) < 4.78 is 0. The predicted octanol–water partition coefficient (Wildman–Crippen LogP) is 5.40. The summed E-state index contributed by atoms with van der Waals surface area (Å²) in [5, 5.41) is 2.62. The van der Waals surface area contributed by atoms with E-state index in [1.54, 1.807) is 0 Å². The first-order valence-electron chi connectivity index (χ1n) is 8.92. The molecule has 0 saturated heterocycles. The molecule has 126 valence electrons. The first kappa shape index (κ1) is 15.9. The second-order valence-electron chi connectivity index (χ2n) is 7.03. The van der Waals surface area contributed by atoms with Crippen LogP contribution in [0.2, 0.25) is 0 Å². The summed E-state index contributed by atoms with van der Waals surface area (Å²) in [7, 11) is 4.29. The number of nitrogens with one attached hydrogen (secondary N) is 1. The molecule has 4 rings (SSSR count). The number of benzene rings is 3. The van der Waals surface area contributed by atoms with Crippen LogP contribution in [0.5, 0.6) is 0 Å². The lowest BCUT2D eigenvalue weighted by molar-refractivity contribution is 0.390. The van der Waals surface area contributed by atoms with Gasteiger partial charge in [-0.2, -0.15) is 0 Å². The Morgan fingerprint density at radius 3 is 2.28 bits per heavy atom. The van der Waals surface area contributed by atoms with Crippen molar-refractivity contribution in [2.24, 2.45) is 0 Å². The monoisotopic (exact) mass is 328 g/mol. The number of aromatic amines is 1. The summed E-state index contributed by atoms with van der Waals surface area (Å²) in [5.74, 6) is 0.418. The third kappa shape index (κ3) is 3.18. The minimum atomic E-state index is 0.418. The zero-order valence-electron chi connectivity index (χ0n) is 14.9. The van der Waals surface area contributed by atoms with Crippen molar-refractivity contribution in [3.05, 3.63) is 83.9 Å². The number of hydrogen-bond acceptors (Lipinski definition) is 1. The molecule has 0 saturated carbocycles. The van der Waals surface area contributed by atoms with Gasteiger partial charge in [-0.3, -0.25) is 0 Å². The molecular weight excluding hydrogens is 304 g/mol. The minimum absolute atomic E-state index is 0.418. The standard InChI is InChI=1S/C23H24N2/c1-25(2)15-14-19(17-8-4-3-5-9-17)18-12-13-23-21(16-18)20-10-6-7-11-22(20)24-23/h3-13,16,19,24H,14-15H2,1-2H3. The molecule has 2 heteroatoms. The van der Waals surface area contributed by atoms with Gasteiger partial charge in [-0.1, -0.05) is 54.6 Å². The van der Waals surface area contributed by atoms with Crippen molar-refractivity contribution in [2.45, 2.75) is 12.3 Å². The minimum Gasteiger partial charge on any atom is -0.355 e. The molecule has 0 aliphatic rings. The van der Waals surface area contributed by atoms with Crippen LogP contribution in [0.1, 0.15) is 23.5 Å². The van der Waals surface area contributed by atoms with Crippen molar-refractivity contribution < 1.29 is 0 Å². The van der Waals surface area contributed by atoms with Crippen molar-refractivity contribution in [1.29, 1.82) is 0 Å². The Hall–Kier alpha value is -2.58. The van der Waals surface area contributed by atoms with E-state index in [1.807, 2.05) is 0 Å². The average Bonchev–Trinajstić information content (AvgIpc) is 3.01. The Kier molecular flexibility index (Phi) is 4.29. The molecule has 0 spiro atoms. The lowest BCUT2D eigenvalue weighted by Gasteiger charge is -2.20. The fraction of sp³-hybridized carbons (Fsp3) is 0.217. The van der Waals surface area contributed by atoms with Gasteiger partial charge in [0.05, 0.1) is 0 Å². The van der Waals surface area contributed by atoms with Crippen LogP contribution < -0.4 is 0 Å². The third-order valence-electron chi connectivity index (χ3n) is 5.00. The van der Waals surface area contributed by atoms with Gasteiger partial charge in [-0.25, -0.2) is 0 Å². The molecule has 0 bridgehead atoms. The molecule has 0 amide bonds. The number of rotatable bonds is 5. The molecule has 2 nitrogen and oxygen atoms in total. The molecule has 25 heavy (non-hydrogen) atoms. The highest BCUT2D eigenvalue weighted by molar-refractivity contribution is 6.07. The summed E-state index contributed by atoms with van der Waals surface area (Å²) in [6.45, 7) is 1.07. The quantitative estimate of drug-likeness (QED) is 0.519. The van der Waals surface area contributed by atoms with Crippen molar-refractivity contribution in [3.8, 4) is 0 Å². The van der Waals surface area contributed by atoms with Crippen LogP contribution in [0, 0.1) is 0 Å². The maximum atomic E-state index is 3.53. The molecule has 0 fully saturated rings. The number of para-hydroxylation sites is 1. The smallest absolute Gasteiger partial charge is 0.0465 e. The van der Waals surface area contributed by atoms with Gasteiger partial charge in [0.2, 0.25) is 0 Å². The number of H-pyrrole nitrogens is 1. The van der Waals surface area contributed by atoms with Crippen molar-refractivity contribution in [1.82, 2.24) is 9.88 Å². The average molecular weight is 328 g/mol. The highest BCUT2D eigenvalue weighted by atomic mass is 15.0. The number of aromatic nitrogens is 1. The van der Waals surface area contributed by atoms with Crippen LogP contribution in [0.25, 0.3) is 21.8 Å². The van der Waals surface area contributed by atoms with E-state index in [2.05, 4.69) is 96.8 Å². The van der Waals surface area contributed by atoms with Gasteiger partial charge < -0.3 is 9.88 Å². The van der Waals surface area contributed by atoms with Crippen LogP contribution in [0.4, 0.5) is 0 Å². The third-order valence-corrected chi connectivity index (χ3v) is 5.00. The Balaban J connectivity index is 1.81. The molecule has 0 radical (unpaired) electrons. The molecule has 1 atom stereocenters. The molecule has 0 aliphatic heterocycles. The second kappa shape index (κ2) is 6.73. The van der Waals surface area contributed by atoms with Gasteiger partial charge in [0.1, 0.15) is 0 Å². The van der Waals surface area contributed by atoms with Crippen LogP contribution >= 0.6 is 0 Å². The van der Waals surface area contributed by atoms with E-state index >= 15 is 0 Å². The Labute approximate surface area is 149 Å². The first-order valence-corrected chi connectivity index (χ1v) is 8.92. The van der Waals surface area contributed by atoms with E-state index in [0.717, 1.165) is 13.0 Å². The molecule has 4 aromatic rings. The van der Waals surface area contributed by atoms with Crippen molar-refractivity contribution in [3.63, 3.8) is 0 Å². The van der Waals surface area contributed by atoms with Gasteiger partial charge in [-0.05, 0) is 56.4 Å². The normalized spacial score (nSPS) is 12.9. The second-order valence-corrected chi connectivity index (χ2v) is 7.03. The SMILES string of the molecule is CN(C)CCC(c1ccccc1)c1ccc2[nH]c3ccccc3c2c1. The highest BCUT2D eigenvalue weighted by Gasteiger charge is 2.16. The summed E-state index contributed by atoms with van der Waals surface area (Å²) >= 11 is 0. The van der Waals surface area contributed by atoms with Crippen molar-refractivity contribution in [2.75, 3.05) is 20.6 Å². The lowest BCUT2D eigenvalue weighted by atomic mass is 9.87. The van der Waals surface area contributed by atoms with Gasteiger partial charge in [0.15, 0.2) is 0 Å². The highest BCUT2D eigenvalue weighted by Crippen LogP contribution is 2.33. The maximum absolute atomic E-state index is 3.53. The Bertz CT molecular complexity index is 983. The van der Waals surface area contributed by atoms with Crippen LogP contribution in [-0.2, 0) is 0 Å². The molecule has 1 aromatic heterocycles. The van der Waals surface area contributed by atoms with Crippen molar-refractivity contribution >= 4 is 21.8 Å². The summed E-state index contributed by atoms with van der Waals surface area (Å²) in [6, 6.07) is 26.3. The molecule has 1 heterocycles. The van der Waals surface area contributed by atoms with E-state index in [0.29, 0.717) is 5.92 Å². The first-order chi connectivity index (χ1) is 12.2. The van der Waals surface area contributed by atoms with Crippen LogP contribution in [-0.4, -0.2) is 30.5 Å². The van der Waals surface area contributed by atoms with Gasteiger partial charge >= 0.3 is 0 Å². The van der Waals surface area contributed by atoms with E-state index in [4.69, 9.17) is 0 Å². The molecular formula is C23H24N2.